The minimum absolute atomic E-state index is 0.457. The van der Waals surface area contributed by atoms with Crippen LogP contribution in [0.3, 0.4) is 0 Å². The molecule has 1 atom stereocenters. The fourth-order valence-electron chi connectivity index (χ4n) is 1.12. The van der Waals surface area contributed by atoms with Crippen LogP contribution in [-0.4, -0.2) is 18.8 Å². The summed E-state index contributed by atoms with van der Waals surface area (Å²) in [5, 5.41) is 3.21. The van der Waals surface area contributed by atoms with E-state index in [0.29, 0.717) is 6.04 Å². The number of likely N-dealkylation sites (N-methyl/N-ethyl adjacent to an activating group) is 1. The molecule has 1 rings (SSSR count). The summed E-state index contributed by atoms with van der Waals surface area (Å²) in [6, 6.07) is 0.457. The van der Waals surface area contributed by atoms with E-state index < -0.39 is 0 Å². The second-order valence-corrected chi connectivity index (χ2v) is 2.76. The van der Waals surface area contributed by atoms with Crippen molar-refractivity contribution in [2.45, 2.75) is 12.5 Å². The average molecular weight is 155 g/mol. The monoisotopic (exact) mass is 155 g/mol. The molecule has 56 valence electrons. The molecule has 10 heavy (non-hydrogen) atoms. The van der Waals surface area contributed by atoms with Crippen LogP contribution in [0.5, 0.6) is 0 Å². The highest BCUT2D eigenvalue weighted by Crippen LogP contribution is 2.14. The van der Waals surface area contributed by atoms with E-state index in [9.17, 15) is 0 Å². The molecule has 0 saturated carbocycles. The Hall–Kier alpha value is -0.210. The zero-order chi connectivity index (χ0) is 7.40. The Bertz CT molecular complexity index is 157. The van der Waals surface area contributed by atoms with Gasteiger partial charge < -0.3 is 5.32 Å². The van der Waals surface area contributed by atoms with Gasteiger partial charge in [0.1, 0.15) is 0 Å². The first-order valence-electron chi connectivity index (χ1n) is 3.52. The van der Waals surface area contributed by atoms with Crippen LogP contribution >= 0.6 is 12.6 Å². The van der Waals surface area contributed by atoms with Crippen LogP contribution in [0.25, 0.3) is 0 Å². The van der Waals surface area contributed by atoms with Crippen molar-refractivity contribution in [3.63, 3.8) is 0 Å². The second-order valence-electron chi connectivity index (χ2n) is 2.40. The maximum absolute atomic E-state index is 4.24. The Kier molecular flexibility index (Phi) is 3.03. The van der Waals surface area contributed by atoms with Gasteiger partial charge in [0.2, 0.25) is 0 Å². The first-order valence-corrected chi connectivity index (χ1v) is 4.15. The van der Waals surface area contributed by atoms with Gasteiger partial charge in [-0.05, 0) is 19.0 Å². The predicted octanol–water partition coefficient (Wildman–Crippen LogP) is 1.39. The number of hydrogen-bond donors (Lipinski definition) is 2. The van der Waals surface area contributed by atoms with Gasteiger partial charge in [-0.3, -0.25) is 0 Å². The van der Waals surface area contributed by atoms with Crippen LogP contribution in [0.2, 0.25) is 0 Å². The number of thiol groups is 1. The molecule has 0 heterocycles. The van der Waals surface area contributed by atoms with Crippen molar-refractivity contribution in [2.75, 3.05) is 12.8 Å². The summed E-state index contributed by atoms with van der Waals surface area (Å²) in [5.74, 6) is 0.879. The van der Waals surface area contributed by atoms with Crippen molar-refractivity contribution >= 4 is 12.6 Å². The Labute approximate surface area is 67.6 Å². The molecule has 0 aromatic rings. The molecule has 2 heteroatoms. The molecule has 0 bridgehead atoms. The number of rotatable bonds is 3. The van der Waals surface area contributed by atoms with E-state index in [2.05, 4.69) is 36.2 Å². The van der Waals surface area contributed by atoms with Crippen molar-refractivity contribution in [1.29, 1.82) is 0 Å². The minimum atomic E-state index is 0.457. The van der Waals surface area contributed by atoms with Gasteiger partial charge in [-0.15, -0.1) is 0 Å². The van der Waals surface area contributed by atoms with Crippen LogP contribution in [0.1, 0.15) is 6.42 Å². The molecular weight excluding hydrogens is 142 g/mol. The molecule has 1 nitrogen and oxygen atoms in total. The minimum Gasteiger partial charge on any atom is -0.313 e. The van der Waals surface area contributed by atoms with Crippen LogP contribution < -0.4 is 5.32 Å². The quantitative estimate of drug-likeness (QED) is 0.587. The molecule has 0 aromatic carbocycles. The third kappa shape index (κ3) is 1.64. The maximum atomic E-state index is 4.24. The lowest BCUT2D eigenvalue weighted by molar-refractivity contribution is 0.693. The zero-order valence-electron chi connectivity index (χ0n) is 6.17. The van der Waals surface area contributed by atoms with E-state index >= 15 is 0 Å². The lowest BCUT2D eigenvalue weighted by atomic mass is 10.1. The Morgan fingerprint density at radius 1 is 1.80 bits per heavy atom. The molecule has 0 fully saturated rings. The van der Waals surface area contributed by atoms with Crippen LogP contribution in [0, 0.1) is 0 Å². The van der Waals surface area contributed by atoms with Gasteiger partial charge >= 0.3 is 0 Å². The van der Waals surface area contributed by atoms with Gasteiger partial charge in [-0.1, -0.05) is 18.2 Å². The van der Waals surface area contributed by atoms with Crippen LogP contribution in [0.15, 0.2) is 23.8 Å². The van der Waals surface area contributed by atoms with Crippen LogP contribution in [-0.2, 0) is 0 Å². The summed E-state index contributed by atoms with van der Waals surface area (Å²) in [7, 11) is 1.97. The van der Waals surface area contributed by atoms with Gasteiger partial charge in [-0.25, -0.2) is 0 Å². The van der Waals surface area contributed by atoms with E-state index in [0.717, 1.165) is 12.2 Å². The summed E-state index contributed by atoms with van der Waals surface area (Å²) < 4.78 is 0. The first-order chi connectivity index (χ1) is 4.88. The van der Waals surface area contributed by atoms with Gasteiger partial charge in [0.15, 0.2) is 0 Å². The molecule has 0 aliphatic heterocycles. The highest BCUT2D eigenvalue weighted by atomic mass is 32.1. The summed E-state index contributed by atoms with van der Waals surface area (Å²) in [6.45, 7) is 0. The predicted molar refractivity (Wildman–Crippen MR) is 48.5 cm³/mol. The fraction of sp³-hybridized carbons (Fsp3) is 0.500. The lowest BCUT2D eigenvalue weighted by Crippen LogP contribution is -2.28. The summed E-state index contributed by atoms with van der Waals surface area (Å²) in [6.07, 6.45) is 7.52. The molecular formula is C8H13NS. The molecule has 0 amide bonds. The Morgan fingerprint density at radius 2 is 2.60 bits per heavy atom. The number of nitrogens with one attached hydrogen (secondary N) is 1. The highest BCUT2D eigenvalue weighted by Gasteiger charge is 2.09. The second kappa shape index (κ2) is 3.84. The van der Waals surface area contributed by atoms with E-state index in [1.807, 2.05) is 7.05 Å². The van der Waals surface area contributed by atoms with E-state index in [-0.39, 0.29) is 0 Å². The smallest absolute Gasteiger partial charge is 0.0372 e. The van der Waals surface area contributed by atoms with E-state index in [1.165, 1.54) is 5.57 Å². The van der Waals surface area contributed by atoms with Crippen molar-refractivity contribution in [3.05, 3.63) is 23.8 Å². The summed E-state index contributed by atoms with van der Waals surface area (Å²) >= 11 is 4.24. The Balaban J connectivity index is 2.47. The fourth-order valence-corrected chi connectivity index (χ4v) is 1.53. The molecule has 0 radical (unpaired) electrons. The standard InChI is InChI=1S/C8H13NS/c1-9-8(6-10)7-4-2-3-5-7/h2-4,8-10H,5-6H2,1H3/t8-/m0/s1. The largest absolute Gasteiger partial charge is 0.313 e. The topological polar surface area (TPSA) is 12.0 Å². The lowest BCUT2D eigenvalue weighted by Gasteiger charge is -2.13. The summed E-state index contributed by atoms with van der Waals surface area (Å²) in [4.78, 5) is 0. The van der Waals surface area contributed by atoms with Crippen molar-refractivity contribution < 1.29 is 0 Å². The van der Waals surface area contributed by atoms with Crippen molar-refractivity contribution in [3.8, 4) is 0 Å². The van der Waals surface area contributed by atoms with Crippen molar-refractivity contribution in [1.82, 2.24) is 5.32 Å². The first kappa shape index (κ1) is 7.89. The summed E-state index contributed by atoms with van der Waals surface area (Å²) in [5.41, 5.74) is 1.44. The number of hydrogen-bond acceptors (Lipinski definition) is 2. The van der Waals surface area contributed by atoms with Gasteiger partial charge in [0.05, 0.1) is 0 Å². The third-order valence-corrected chi connectivity index (χ3v) is 2.14. The molecule has 0 unspecified atom stereocenters. The maximum Gasteiger partial charge on any atom is 0.0372 e. The SMILES string of the molecule is CN[C@@H](CS)C1=CC=CC1. The third-order valence-electron chi connectivity index (χ3n) is 1.78. The Morgan fingerprint density at radius 3 is 3.00 bits per heavy atom. The van der Waals surface area contributed by atoms with Gasteiger partial charge in [-0.2, -0.15) is 12.6 Å². The molecule has 1 N–H and O–H groups in total. The molecule has 0 saturated heterocycles. The number of allylic oxidation sites excluding steroid dienone is 3. The normalized spacial score (nSPS) is 19.2. The molecule has 0 aromatic heterocycles. The van der Waals surface area contributed by atoms with E-state index in [4.69, 9.17) is 0 Å². The highest BCUT2D eigenvalue weighted by molar-refractivity contribution is 7.80. The van der Waals surface area contributed by atoms with Gasteiger partial charge in [0.25, 0.3) is 0 Å². The molecule has 1 aliphatic carbocycles. The van der Waals surface area contributed by atoms with Crippen LogP contribution in [0.4, 0.5) is 0 Å². The molecule has 0 spiro atoms. The average Bonchev–Trinajstić information content (AvgIpc) is 2.43. The van der Waals surface area contributed by atoms with Crippen molar-refractivity contribution in [2.24, 2.45) is 0 Å². The molecule has 1 aliphatic rings. The zero-order valence-corrected chi connectivity index (χ0v) is 7.07. The van der Waals surface area contributed by atoms with Gasteiger partial charge in [0, 0.05) is 11.8 Å². The van der Waals surface area contributed by atoms with E-state index in [1.54, 1.807) is 0 Å².